The van der Waals surface area contributed by atoms with E-state index in [0.717, 1.165) is 50.4 Å². The number of methoxy groups -OCH3 is 2. The standard InChI is InChI=1S/C34H45Cl2N7O4/c1-5-6-7-8-9-10-11-26(44)22-42-16-18-43(19-17-42)25-14-12-24(13-15-25)39-29-21-30(38-23-37-29)41(2)34(45)40-33-31(35)27(46-3)20-28(47-4)32(33)36/h12-15,20-21,23H,5-11,16-19,22H2,1-4H3,(H,40,45)(H,37,38,39). The molecule has 2 heterocycles. The Labute approximate surface area is 287 Å². The summed E-state index contributed by atoms with van der Waals surface area (Å²) in [5.74, 6) is 1.83. The van der Waals surface area contributed by atoms with Crippen LogP contribution in [0.25, 0.3) is 0 Å². The topological polar surface area (TPSA) is 112 Å². The number of Topliss-reactive ketones (excluding diaryl/α,β-unsaturated/α-hetero) is 1. The van der Waals surface area contributed by atoms with Gasteiger partial charge >= 0.3 is 6.03 Å². The summed E-state index contributed by atoms with van der Waals surface area (Å²) < 4.78 is 10.6. The van der Waals surface area contributed by atoms with Gasteiger partial charge in [0.25, 0.3) is 0 Å². The summed E-state index contributed by atoms with van der Waals surface area (Å²) in [6, 6.07) is 10.8. The van der Waals surface area contributed by atoms with E-state index in [0.29, 0.717) is 41.9 Å². The van der Waals surface area contributed by atoms with Gasteiger partial charge in [0.1, 0.15) is 45.3 Å². The van der Waals surface area contributed by atoms with Gasteiger partial charge < -0.3 is 25.0 Å². The highest BCUT2D eigenvalue weighted by molar-refractivity contribution is 6.41. The van der Waals surface area contributed by atoms with E-state index in [-0.39, 0.29) is 15.7 Å². The Morgan fingerprint density at radius 2 is 1.53 bits per heavy atom. The van der Waals surface area contributed by atoms with E-state index < -0.39 is 6.03 Å². The number of amides is 2. The van der Waals surface area contributed by atoms with Gasteiger partial charge in [0.15, 0.2) is 0 Å². The second-order valence-electron chi connectivity index (χ2n) is 11.5. The predicted octanol–water partition coefficient (Wildman–Crippen LogP) is 7.65. The molecule has 254 valence electrons. The molecule has 2 amide bonds. The minimum Gasteiger partial charge on any atom is -0.495 e. The maximum absolute atomic E-state index is 13.1. The van der Waals surface area contributed by atoms with Gasteiger partial charge in [0.05, 0.1) is 26.5 Å². The van der Waals surface area contributed by atoms with Crippen LogP contribution in [0.5, 0.6) is 11.5 Å². The number of anilines is 5. The zero-order valence-electron chi connectivity index (χ0n) is 27.7. The Balaban J connectivity index is 1.28. The van der Waals surface area contributed by atoms with Crippen molar-refractivity contribution < 1.29 is 19.1 Å². The van der Waals surface area contributed by atoms with Crippen molar-refractivity contribution in [2.24, 2.45) is 0 Å². The number of urea groups is 1. The summed E-state index contributed by atoms with van der Waals surface area (Å²) in [4.78, 5) is 40.1. The van der Waals surface area contributed by atoms with Crippen LogP contribution in [-0.2, 0) is 4.79 Å². The second kappa shape index (κ2) is 17.9. The molecular formula is C34H45Cl2N7O4. The summed E-state index contributed by atoms with van der Waals surface area (Å²) >= 11 is 12.8. The summed E-state index contributed by atoms with van der Waals surface area (Å²) in [5.41, 5.74) is 2.12. The van der Waals surface area contributed by atoms with Gasteiger partial charge in [-0.2, -0.15) is 0 Å². The van der Waals surface area contributed by atoms with Crippen molar-refractivity contribution >= 4 is 63.7 Å². The van der Waals surface area contributed by atoms with Crippen molar-refractivity contribution in [1.82, 2.24) is 14.9 Å². The molecule has 1 aliphatic rings. The van der Waals surface area contributed by atoms with Crippen molar-refractivity contribution in [3.05, 3.63) is 52.8 Å². The van der Waals surface area contributed by atoms with Crippen LogP contribution in [0, 0.1) is 0 Å². The summed E-state index contributed by atoms with van der Waals surface area (Å²) in [7, 11) is 4.49. The first-order chi connectivity index (χ1) is 22.7. The first kappa shape index (κ1) is 36.0. The molecule has 4 rings (SSSR count). The van der Waals surface area contributed by atoms with Crippen molar-refractivity contribution in [3.8, 4) is 11.5 Å². The number of unbranched alkanes of at least 4 members (excludes halogenated alkanes) is 5. The monoisotopic (exact) mass is 685 g/mol. The number of halogens is 2. The maximum Gasteiger partial charge on any atom is 0.327 e. The molecule has 1 aliphatic heterocycles. The third kappa shape index (κ3) is 10.1. The molecule has 47 heavy (non-hydrogen) atoms. The molecule has 0 bridgehead atoms. The van der Waals surface area contributed by atoms with E-state index >= 15 is 0 Å². The zero-order chi connectivity index (χ0) is 33.8. The number of aromatic nitrogens is 2. The molecule has 2 N–H and O–H groups in total. The van der Waals surface area contributed by atoms with E-state index in [1.807, 2.05) is 12.1 Å². The fourth-order valence-corrected chi connectivity index (χ4v) is 5.98. The van der Waals surface area contributed by atoms with Crippen LogP contribution in [0.3, 0.4) is 0 Å². The van der Waals surface area contributed by atoms with E-state index in [9.17, 15) is 9.59 Å². The molecule has 1 aromatic heterocycles. The average molecular weight is 687 g/mol. The first-order valence-electron chi connectivity index (χ1n) is 16.1. The normalized spacial score (nSPS) is 13.3. The van der Waals surface area contributed by atoms with Gasteiger partial charge in [-0.25, -0.2) is 14.8 Å². The number of nitrogens with zero attached hydrogens (tertiary/aromatic N) is 5. The van der Waals surface area contributed by atoms with Crippen LogP contribution >= 0.6 is 23.2 Å². The van der Waals surface area contributed by atoms with Crippen molar-refractivity contribution in [1.29, 1.82) is 0 Å². The summed E-state index contributed by atoms with van der Waals surface area (Å²) in [5, 5.41) is 6.28. The molecule has 2 aromatic carbocycles. The van der Waals surface area contributed by atoms with Crippen LogP contribution in [0.15, 0.2) is 42.7 Å². The Kier molecular flexibility index (Phi) is 13.8. The molecule has 0 atom stereocenters. The number of carbonyl (C=O) groups excluding carboxylic acids is 2. The lowest BCUT2D eigenvalue weighted by atomic mass is 10.1. The summed E-state index contributed by atoms with van der Waals surface area (Å²) in [6.45, 7) is 6.27. The van der Waals surface area contributed by atoms with Gasteiger partial charge in [-0.3, -0.25) is 14.6 Å². The molecule has 0 spiro atoms. The van der Waals surface area contributed by atoms with Crippen molar-refractivity contribution in [2.45, 2.75) is 51.9 Å². The van der Waals surface area contributed by atoms with E-state index in [2.05, 4.69) is 49.5 Å². The smallest absolute Gasteiger partial charge is 0.327 e. The van der Waals surface area contributed by atoms with Crippen molar-refractivity contribution in [3.63, 3.8) is 0 Å². The molecule has 0 aliphatic carbocycles. The average Bonchev–Trinajstić information content (AvgIpc) is 3.08. The van der Waals surface area contributed by atoms with Crippen LogP contribution in [0.2, 0.25) is 10.0 Å². The van der Waals surface area contributed by atoms with E-state index in [1.54, 1.807) is 19.2 Å². The number of carbonyl (C=O) groups is 2. The molecular weight excluding hydrogens is 641 g/mol. The first-order valence-corrected chi connectivity index (χ1v) is 16.8. The van der Waals surface area contributed by atoms with Crippen LogP contribution in [0.4, 0.5) is 33.5 Å². The Hall–Kier alpha value is -3.80. The highest BCUT2D eigenvalue weighted by atomic mass is 35.5. The number of nitrogens with one attached hydrogen (secondary N) is 2. The van der Waals surface area contributed by atoms with Crippen molar-refractivity contribution in [2.75, 3.05) is 74.4 Å². The summed E-state index contributed by atoms with van der Waals surface area (Å²) in [6.07, 6.45) is 9.28. The van der Waals surface area contributed by atoms with Gasteiger partial charge in [-0.15, -0.1) is 0 Å². The highest BCUT2D eigenvalue weighted by Gasteiger charge is 2.22. The molecule has 11 nitrogen and oxygen atoms in total. The molecule has 1 saturated heterocycles. The highest BCUT2D eigenvalue weighted by Crippen LogP contribution is 2.44. The lowest BCUT2D eigenvalue weighted by molar-refractivity contribution is -0.120. The third-order valence-electron chi connectivity index (χ3n) is 8.19. The Morgan fingerprint density at radius 3 is 2.17 bits per heavy atom. The minimum absolute atomic E-state index is 0.143. The van der Waals surface area contributed by atoms with Crippen LogP contribution < -0.4 is 29.9 Å². The molecule has 0 saturated carbocycles. The number of hydrogen-bond acceptors (Lipinski definition) is 9. The number of benzene rings is 2. The quantitative estimate of drug-likeness (QED) is 0.147. The minimum atomic E-state index is -0.527. The predicted molar refractivity (Wildman–Crippen MR) is 190 cm³/mol. The molecule has 0 radical (unpaired) electrons. The fourth-order valence-electron chi connectivity index (χ4n) is 5.39. The van der Waals surface area contributed by atoms with Gasteiger partial charge in [0, 0.05) is 63.2 Å². The molecule has 1 fully saturated rings. The SMILES string of the molecule is CCCCCCCCC(=O)CN1CCN(c2ccc(Nc3cc(N(C)C(=O)Nc4c(Cl)c(OC)cc(OC)c4Cl)ncn3)cc2)CC1. The van der Waals surface area contributed by atoms with Gasteiger partial charge in [0.2, 0.25) is 0 Å². The van der Waals surface area contributed by atoms with E-state index in [4.69, 9.17) is 32.7 Å². The van der Waals surface area contributed by atoms with Crippen LogP contribution in [0.1, 0.15) is 51.9 Å². The lowest BCUT2D eigenvalue weighted by Gasteiger charge is -2.35. The Morgan fingerprint density at radius 1 is 0.894 bits per heavy atom. The van der Waals surface area contributed by atoms with E-state index in [1.165, 1.54) is 51.1 Å². The van der Waals surface area contributed by atoms with Crippen LogP contribution in [-0.4, -0.2) is 80.7 Å². The molecule has 0 unspecified atom stereocenters. The number of hydrogen-bond donors (Lipinski definition) is 2. The third-order valence-corrected chi connectivity index (χ3v) is 8.94. The number of ketones is 1. The number of piperazine rings is 1. The zero-order valence-corrected chi connectivity index (χ0v) is 29.2. The maximum atomic E-state index is 13.1. The van der Waals surface area contributed by atoms with Gasteiger partial charge in [-0.1, -0.05) is 62.2 Å². The fraction of sp³-hybridized carbons (Fsp3) is 0.471. The Bertz CT molecular complexity index is 1460. The molecule has 3 aromatic rings. The lowest BCUT2D eigenvalue weighted by Crippen LogP contribution is -2.48. The number of rotatable bonds is 16. The largest absolute Gasteiger partial charge is 0.495 e. The second-order valence-corrected chi connectivity index (χ2v) is 12.3. The molecule has 13 heteroatoms. The van der Waals surface area contributed by atoms with Gasteiger partial charge in [-0.05, 0) is 30.7 Å². The number of ether oxygens (including phenoxy) is 2.